The smallest absolute Gasteiger partial charge is 0.225 e. The molecule has 0 amide bonds. The average Bonchev–Trinajstić information content (AvgIpc) is 3.32. The third-order valence-corrected chi connectivity index (χ3v) is 5.63. The van der Waals surface area contributed by atoms with Gasteiger partial charge in [0.1, 0.15) is 17.5 Å². The second-order valence-corrected chi connectivity index (χ2v) is 9.43. The predicted molar refractivity (Wildman–Crippen MR) is 121 cm³/mol. The summed E-state index contributed by atoms with van der Waals surface area (Å²) in [4.78, 5) is 19.0. The van der Waals surface area contributed by atoms with Gasteiger partial charge in [-0.15, -0.1) is 5.10 Å². The summed E-state index contributed by atoms with van der Waals surface area (Å²) >= 11 is 0. The van der Waals surface area contributed by atoms with E-state index < -0.39 is 0 Å². The molecule has 0 aliphatic heterocycles. The van der Waals surface area contributed by atoms with Gasteiger partial charge in [0.05, 0.1) is 16.7 Å². The van der Waals surface area contributed by atoms with Crippen molar-refractivity contribution >= 4 is 17.0 Å². The van der Waals surface area contributed by atoms with Crippen molar-refractivity contribution in [3.63, 3.8) is 0 Å². The minimum atomic E-state index is -0.149. The number of rotatable bonds is 4. The van der Waals surface area contributed by atoms with Crippen molar-refractivity contribution in [3.8, 4) is 5.82 Å². The molecular weight excluding hydrogens is 388 g/mol. The molecule has 0 spiro atoms. The van der Waals surface area contributed by atoms with E-state index in [2.05, 4.69) is 66.0 Å². The highest BCUT2D eigenvalue weighted by molar-refractivity contribution is 5.76. The first-order chi connectivity index (χ1) is 14.7. The lowest BCUT2D eigenvalue weighted by atomic mass is 10.1. The van der Waals surface area contributed by atoms with Crippen LogP contribution in [0.4, 0.5) is 5.95 Å². The topological polar surface area (TPSA) is 86.3 Å². The quantitative estimate of drug-likeness (QED) is 0.540. The lowest BCUT2D eigenvalue weighted by molar-refractivity contribution is 0.623. The number of aryl methyl sites for hydroxylation is 3. The molecule has 2 atom stereocenters. The van der Waals surface area contributed by atoms with Gasteiger partial charge in [-0.3, -0.25) is 0 Å². The van der Waals surface area contributed by atoms with Crippen LogP contribution in [-0.4, -0.2) is 39.8 Å². The third-order valence-electron chi connectivity index (χ3n) is 5.63. The number of hydrogen-bond donors (Lipinski definition) is 1. The molecule has 1 N–H and O–H groups in total. The van der Waals surface area contributed by atoms with Crippen LogP contribution < -0.4 is 5.32 Å². The number of aromatic nitrogens is 7. The molecule has 1 aliphatic carbocycles. The highest BCUT2D eigenvalue weighted by Crippen LogP contribution is 2.54. The molecule has 5 rings (SSSR count). The summed E-state index contributed by atoms with van der Waals surface area (Å²) in [5.41, 5.74) is 3.07. The molecular formula is C23H28N8. The van der Waals surface area contributed by atoms with E-state index in [4.69, 9.17) is 15.0 Å². The zero-order valence-corrected chi connectivity index (χ0v) is 18.9. The molecule has 0 radical (unpaired) electrons. The Hall–Kier alpha value is -3.29. The van der Waals surface area contributed by atoms with E-state index in [0.717, 1.165) is 46.4 Å². The van der Waals surface area contributed by atoms with Gasteiger partial charge in [-0.05, 0) is 53.2 Å². The van der Waals surface area contributed by atoms with Crippen LogP contribution in [0.3, 0.4) is 0 Å². The molecule has 3 heterocycles. The standard InChI is InChI=1S/C23H28N8/c1-13-24-14(2)31(29-13)20-12-18(26-22(27-20)28-23(3,4)5)15-11-16(15)21-25-17-9-7-8-10-19(17)30(21)6/h7-10,12,15-16H,11H2,1-6H3,(H,26,27,28)/t15-,16-/m0/s1. The molecule has 1 fully saturated rings. The van der Waals surface area contributed by atoms with E-state index >= 15 is 0 Å². The maximum atomic E-state index is 4.91. The van der Waals surface area contributed by atoms with Gasteiger partial charge in [-0.25, -0.2) is 15.0 Å². The summed E-state index contributed by atoms with van der Waals surface area (Å²) in [7, 11) is 2.10. The molecule has 0 saturated heterocycles. The number of imidazole rings is 1. The van der Waals surface area contributed by atoms with Crippen molar-refractivity contribution < 1.29 is 0 Å². The number of para-hydroxylation sites is 2. The fourth-order valence-electron chi connectivity index (χ4n) is 4.18. The molecule has 1 saturated carbocycles. The summed E-state index contributed by atoms with van der Waals surface area (Å²) in [6.07, 6.45) is 1.03. The molecule has 0 unspecified atom stereocenters. The summed E-state index contributed by atoms with van der Waals surface area (Å²) < 4.78 is 4.00. The van der Waals surface area contributed by atoms with Gasteiger partial charge in [0.2, 0.25) is 5.95 Å². The highest BCUT2D eigenvalue weighted by Gasteiger charge is 2.44. The van der Waals surface area contributed by atoms with E-state index in [0.29, 0.717) is 17.8 Å². The largest absolute Gasteiger partial charge is 0.350 e. The molecule has 3 aromatic heterocycles. The van der Waals surface area contributed by atoms with Crippen molar-refractivity contribution in [1.29, 1.82) is 0 Å². The molecule has 1 aliphatic rings. The third kappa shape index (κ3) is 3.66. The monoisotopic (exact) mass is 416 g/mol. The second kappa shape index (κ2) is 6.87. The van der Waals surface area contributed by atoms with E-state index in [9.17, 15) is 0 Å². The van der Waals surface area contributed by atoms with Crippen molar-refractivity contribution in [2.45, 2.75) is 58.4 Å². The Bertz CT molecular complexity index is 1280. The fraction of sp³-hybridized carbons (Fsp3) is 0.435. The van der Waals surface area contributed by atoms with E-state index in [1.54, 1.807) is 4.68 Å². The van der Waals surface area contributed by atoms with E-state index in [1.165, 1.54) is 0 Å². The van der Waals surface area contributed by atoms with Crippen LogP contribution >= 0.6 is 0 Å². The molecule has 4 aromatic rings. The summed E-state index contributed by atoms with van der Waals surface area (Å²) in [6, 6.07) is 10.3. The number of nitrogens with one attached hydrogen (secondary N) is 1. The van der Waals surface area contributed by atoms with Gasteiger partial charge >= 0.3 is 0 Å². The SMILES string of the molecule is Cc1nc(C)n(-c2cc([C@H]3C[C@@H]3c3nc4ccccc4n3C)nc(NC(C)(C)C)n2)n1. The first kappa shape index (κ1) is 19.7. The van der Waals surface area contributed by atoms with Gasteiger partial charge in [0.15, 0.2) is 5.82 Å². The first-order valence-electron chi connectivity index (χ1n) is 10.7. The maximum absolute atomic E-state index is 4.91. The second-order valence-electron chi connectivity index (χ2n) is 9.43. The average molecular weight is 417 g/mol. The van der Waals surface area contributed by atoms with Gasteiger partial charge in [0, 0.05) is 30.5 Å². The summed E-state index contributed by atoms with van der Waals surface area (Å²) in [5.74, 6) is 4.67. The normalized spacial score (nSPS) is 18.5. The van der Waals surface area contributed by atoms with Crippen LogP contribution in [-0.2, 0) is 7.05 Å². The predicted octanol–water partition coefficient (Wildman–Crippen LogP) is 4.04. The minimum Gasteiger partial charge on any atom is -0.350 e. The summed E-state index contributed by atoms with van der Waals surface area (Å²) in [6.45, 7) is 10.1. The Morgan fingerprint density at radius 3 is 2.45 bits per heavy atom. The van der Waals surface area contributed by atoms with E-state index in [1.807, 2.05) is 26.0 Å². The highest BCUT2D eigenvalue weighted by atomic mass is 15.4. The fourth-order valence-corrected chi connectivity index (χ4v) is 4.18. The zero-order chi connectivity index (χ0) is 21.9. The minimum absolute atomic E-state index is 0.149. The van der Waals surface area contributed by atoms with Crippen LogP contribution in [0.25, 0.3) is 16.9 Å². The summed E-state index contributed by atoms with van der Waals surface area (Å²) in [5, 5.41) is 7.95. The van der Waals surface area contributed by atoms with Crippen molar-refractivity contribution in [2.24, 2.45) is 7.05 Å². The van der Waals surface area contributed by atoms with Gasteiger partial charge < -0.3 is 9.88 Å². The first-order valence-corrected chi connectivity index (χ1v) is 10.7. The van der Waals surface area contributed by atoms with Crippen molar-refractivity contribution in [3.05, 3.63) is 53.5 Å². The Morgan fingerprint density at radius 2 is 1.77 bits per heavy atom. The van der Waals surface area contributed by atoms with Gasteiger partial charge in [-0.2, -0.15) is 9.67 Å². The Morgan fingerprint density at radius 1 is 1.00 bits per heavy atom. The van der Waals surface area contributed by atoms with Crippen LogP contribution in [0.15, 0.2) is 30.3 Å². The lowest BCUT2D eigenvalue weighted by Gasteiger charge is -2.21. The lowest BCUT2D eigenvalue weighted by Crippen LogP contribution is -2.28. The van der Waals surface area contributed by atoms with Gasteiger partial charge in [-0.1, -0.05) is 12.1 Å². The molecule has 8 heteroatoms. The van der Waals surface area contributed by atoms with Crippen LogP contribution in [0, 0.1) is 13.8 Å². The molecule has 1 aromatic carbocycles. The number of fused-ring (bicyclic) bond motifs is 1. The Kier molecular flexibility index (Phi) is 4.35. The Balaban J connectivity index is 1.54. The molecule has 8 nitrogen and oxygen atoms in total. The number of anilines is 1. The maximum Gasteiger partial charge on any atom is 0.225 e. The van der Waals surface area contributed by atoms with Crippen molar-refractivity contribution in [2.75, 3.05) is 5.32 Å². The number of benzene rings is 1. The van der Waals surface area contributed by atoms with E-state index in [-0.39, 0.29) is 5.54 Å². The van der Waals surface area contributed by atoms with Crippen LogP contribution in [0.5, 0.6) is 0 Å². The van der Waals surface area contributed by atoms with Gasteiger partial charge in [0.25, 0.3) is 0 Å². The number of hydrogen-bond acceptors (Lipinski definition) is 6. The number of nitrogens with zero attached hydrogens (tertiary/aromatic N) is 7. The van der Waals surface area contributed by atoms with Crippen molar-refractivity contribution in [1.82, 2.24) is 34.3 Å². The van der Waals surface area contributed by atoms with Crippen LogP contribution in [0.1, 0.15) is 62.2 Å². The molecule has 0 bridgehead atoms. The van der Waals surface area contributed by atoms with Crippen LogP contribution in [0.2, 0.25) is 0 Å². The molecule has 160 valence electrons. The zero-order valence-electron chi connectivity index (χ0n) is 18.9. The molecule has 31 heavy (non-hydrogen) atoms. The Labute approximate surface area is 181 Å².